The average Bonchev–Trinajstić information content (AvgIpc) is 2.42. The minimum absolute atomic E-state index is 0.0717. The number of methoxy groups -OCH3 is 1. The van der Waals surface area contributed by atoms with E-state index in [1.165, 1.54) is 0 Å². The third-order valence-electron chi connectivity index (χ3n) is 2.62. The Balaban J connectivity index is 2.64. The first-order valence-corrected chi connectivity index (χ1v) is 6.25. The van der Waals surface area contributed by atoms with Crippen molar-refractivity contribution < 1.29 is 9.53 Å². The Hall–Kier alpha value is -1.83. The number of hydrogen-bond donors (Lipinski definition) is 2. The number of rotatable bonds is 5. The van der Waals surface area contributed by atoms with E-state index >= 15 is 0 Å². The van der Waals surface area contributed by atoms with Crippen molar-refractivity contribution in [1.82, 2.24) is 5.32 Å². The van der Waals surface area contributed by atoms with Crippen LogP contribution in [0.2, 0.25) is 0 Å². The van der Waals surface area contributed by atoms with Gasteiger partial charge in [0.25, 0.3) is 5.91 Å². The van der Waals surface area contributed by atoms with Gasteiger partial charge in [-0.05, 0) is 37.1 Å². The van der Waals surface area contributed by atoms with Gasteiger partial charge < -0.3 is 15.8 Å². The van der Waals surface area contributed by atoms with E-state index in [0.717, 1.165) is 17.5 Å². The molecule has 4 nitrogen and oxygen atoms in total. The predicted octanol–water partition coefficient (Wildman–Crippen LogP) is 1.07. The minimum Gasteiger partial charge on any atom is -0.385 e. The molecule has 0 fully saturated rings. The Kier molecular flexibility index (Phi) is 6.65. The summed E-state index contributed by atoms with van der Waals surface area (Å²) in [6.07, 6.45) is 0.807. The normalized spacial score (nSPS) is 9.63. The van der Waals surface area contributed by atoms with Crippen LogP contribution in [0.4, 0.5) is 0 Å². The summed E-state index contributed by atoms with van der Waals surface area (Å²) in [6, 6.07) is 5.47. The number of amides is 1. The van der Waals surface area contributed by atoms with E-state index in [-0.39, 0.29) is 5.91 Å². The number of hydrogen-bond acceptors (Lipinski definition) is 3. The van der Waals surface area contributed by atoms with Crippen molar-refractivity contribution in [3.05, 3.63) is 34.9 Å². The van der Waals surface area contributed by atoms with Crippen LogP contribution < -0.4 is 11.1 Å². The molecule has 0 aliphatic carbocycles. The molecule has 0 aromatic heterocycles. The van der Waals surface area contributed by atoms with Gasteiger partial charge in [-0.1, -0.05) is 11.8 Å². The Bertz CT molecular complexity index is 487. The standard InChI is InChI=1S/C15H20N2O2/c1-12-11-14(7-6-13(12)5-3-8-16)15(18)17-9-4-10-19-2/h6-7,11H,4,8-10,16H2,1-2H3,(H,17,18). The van der Waals surface area contributed by atoms with Gasteiger partial charge in [0.2, 0.25) is 0 Å². The van der Waals surface area contributed by atoms with Crippen molar-refractivity contribution in [3.8, 4) is 11.8 Å². The van der Waals surface area contributed by atoms with Crippen LogP contribution in [0.15, 0.2) is 18.2 Å². The molecule has 1 rings (SSSR count). The zero-order valence-electron chi connectivity index (χ0n) is 11.5. The van der Waals surface area contributed by atoms with Gasteiger partial charge in [-0.3, -0.25) is 4.79 Å². The van der Waals surface area contributed by atoms with Crippen molar-refractivity contribution in [2.75, 3.05) is 26.8 Å². The van der Waals surface area contributed by atoms with Gasteiger partial charge in [0.1, 0.15) is 0 Å². The highest BCUT2D eigenvalue weighted by Crippen LogP contribution is 2.10. The van der Waals surface area contributed by atoms with Gasteiger partial charge in [-0.25, -0.2) is 0 Å². The number of aryl methyl sites for hydroxylation is 1. The summed E-state index contributed by atoms with van der Waals surface area (Å²) >= 11 is 0. The number of benzene rings is 1. The summed E-state index contributed by atoms with van der Waals surface area (Å²) < 4.78 is 4.92. The molecule has 1 aromatic carbocycles. The molecule has 3 N–H and O–H groups in total. The molecule has 0 spiro atoms. The Morgan fingerprint density at radius 2 is 2.26 bits per heavy atom. The lowest BCUT2D eigenvalue weighted by Gasteiger charge is -2.06. The summed E-state index contributed by atoms with van der Waals surface area (Å²) in [5, 5.41) is 2.85. The van der Waals surface area contributed by atoms with Gasteiger partial charge in [-0.15, -0.1) is 0 Å². The fourth-order valence-corrected chi connectivity index (χ4v) is 1.61. The maximum atomic E-state index is 11.9. The molecule has 0 saturated carbocycles. The molecule has 0 saturated heterocycles. The second-order valence-corrected chi connectivity index (χ2v) is 4.14. The van der Waals surface area contributed by atoms with Crippen LogP contribution in [0.3, 0.4) is 0 Å². The average molecular weight is 260 g/mol. The highest BCUT2D eigenvalue weighted by molar-refractivity contribution is 5.94. The lowest BCUT2D eigenvalue weighted by Crippen LogP contribution is -2.25. The number of carbonyl (C=O) groups excluding carboxylic acids is 1. The summed E-state index contributed by atoms with van der Waals surface area (Å²) in [4.78, 5) is 11.9. The summed E-state index contributed by atoms with van der Waals surface area (Å²) in [6.45, 7) is 3.52. The van der Waals surface area contributed by atoms with E-state index in [2.05, 4.69) is 17.2 Å². The quantitative estimate of drug-likeness (QED) is 0.615. The highest BCUT2D eigenvalue weighted by atomic mass is 16.5. The number of carbonyl (C=O) groups is 1. The molecule has 0 atom stereocenters. The third kappa shape index (κ3) is 5.12. The molecule has 4 heteroatoms. The second kappa shape index (κ2) is 8.30. The summed E-state index contributed by atoms with van der Waals surface area (Å²) in [5.41, 5.74) is 7.86. The van der Waals surface area contributed by atoms with Crippen LogP contribution in [0.5, 0.6) is 0 Å². The Morgan fingerprint density at radius 1 is 1.47 bits per heavy atom. The number of ether oxygens (including phenoxy) is 1. The van der Waals surface area contributed by atoms with E-state index < -0.39 is 0 Å². The van der Waals surface area contributed by atoms with Crippen molar-refractivity contribution in [2.24, 2.45) is 5.73 Å². The zero-order chi connectivity index (χ0) is 14.1. The predicted molar refractivity (Wildman–Crippen MR) is 75.9 cm³/mol. The first-order chi connectivity index (χ1) is 9.19. The van der Waals surface area contributed by atoms with Gasteiger partial charge in [0.05, 0.1) is 6.54 Å². The number of nitrogens with two attached hydrogens (primary N) is 1. The van der Waals surface area contributed by atoms with Crippen molar-refractivity contribution >= 4 is 5.91 Å². The molecule has 1 amide bonds. The fraction of sp³-hybridized carbons (Fsp3) is 0.400. The highest BCUT2D eigenvalue weighted by Gasteiger charge is 2.06. The minimum atomic E-state index is -0.0717. The van der Waals surface area contributed by atoms with Crippen LogP contribution >= 0.6 is 0 Å². The monoisotopic (exact) mass is 260 g/mol. The van der Waals surface area contributed by atoms with Crippen LogP contribution in [0.1, 0.15) is 27.9 Å². The van der Waals surface area contributed by atoms with Gasteiger partial charge >= 0.3 is 0 Å². The molecule has 0 aliphatic heterocycles. The largest absolute Gasteiger partial charge is 0.385 e. The first kappa shape index (κ1) is 15.2. The maximum Gasteiger partial charge on any atom is 0.251 e. The summed E-state index contributed by atoms with van der Waals surface area (Å²) in [5.74, 6) is 5.71. The molecule has 0 bridgehead atoms. The first-order valence-electron chi connectivity index (χ1n) is 6.25. The fourth-order valence-electron chi connectivity index (χ4n) is 1.61. The number of nitrogens with one attached hydrogen (secondary N) is 1. The maximum absolute atomic E-state index is 11.9. The van der Waals surface area contributed by atoms with Crippen LogP contribution in [-0.2, 0) is 4.74 Å². The van der Waals surface area contributed by atoms with Gasteiger partial charge in [-0.2, -0.15) is 0 Å². The van der Waals surface area contributed by atoms with Crippen molar-refractivity contribution in [1.29, 1.82) is 0 Å². The molecule has 0 unspecified atom stereocenters. The second-order valence-electron chi connectivity index (χ2n) is 4.14. The SMILES string of the molecule is COCCCNC(=O)c1ccc(C#CCN)c(C)c1. The molecule has 0 aliphatic rings. The Labute approximate surface area is 114 Å². The molecular weight excluding hydrogens is 240 g/mol. The van der Waals surface area contributed by atoms with Crippen LogP contribution in [-0.4, -0.2) is 32.7 Å². The molecule has 1 aromatic rings. The third-order valence-corrected chi connectivity index (χ3v) is 2.62. The molecule has 19 heavy (non-hydrogen) atoms. The molecule has 102 valence electrons. The lowest BCUT2D eigenvalue weighted by molar-refractivity contribution is 0.0948. The molecular formula is C15H20N2O2. The van der Waals surface area contributed by atoms with E-state index in [9.17, 15) is 4.79 Å². The van der Waals surface area contributed by atoms with Crippen LogP contribution in [0.25, 0.3) is 0 Å². The zero-order valence-corrected chi connectivity index (χ0v) is 11.5. The van der Waals surface area contributed by atoms with Crippen LogP contribution in [0, 0.1) is 18.8 Å². The van der Waals surface area contributed by atoms with Crippen molar-refractivity contribution in [2.45, 2.75) is 13.3 Å². The van der Waals surface area contributed by atoms with E-state index in [0.29, 0.717) is 25.3 Å². The lowest BCUT2D eigenvalue weighted by atomic mass is 10.0. The summed E-state index contributed by atoms with van der Waals surface area (Å²) in [7, 11) is 1.65. The van der Waals surface area contributed by atoms with Gasteiger partial charge in [0.15, 0.2) is 0 Å². The molecule has 0 radical (unpaired) electrons. The Morgan fingerprint density at radius 3 is 2.89 bits per heavy atom. The molecule has 0 heterocycles. The van der Waals surface area contributed by atoms with Crippen molar-refractivity contribution in [3.63, 3.8) is 0 Å². The van der Waals surface area contributed by atoms with Gasteiger partial charge in [0, 0.05) is 31.4 Å². The smallest absolute Gasteiger partial charge is 0.251 e. The van der Waals surface area contributed by atoms with E-state index in [1.54, 1.807) is 13.2 Å². The topological polar surface area (TPSA) is 64.3 Å². The van der Waals surface area contributed by atoms with E-state index in [4.69, 9.17) is 10.5 Å². The van der Waals surface area contributed by atoms with E-state index in [1.807, 2.05) is 19.1 Å².